The van der Waals surface area contributed by atoms with Crippen molar-refractivity contribution >= 4 is 11.6 Å². The first-order chi connectivity index (χ1) is 7.79. The molecule has 0 fully saturated rings. The van der Waals surface area contributed by atoms with Crippen molar-refractivity contribution in [3.8, 4) is 11.6 Å². The molecule has 0 N–H and O–H groups in total. The molecule has 0 saturated heterocycles. The molecule has 0 aliphatic carbocycles. The van der Waals surface area contributed by atoms with Gasteiger partial charge in [0.1, 0.15) is 10.9 Å². The minimum absolute atomic E-state index is 0.437. The van der Waals surface area contributed by atoms with Crippen LogP contribution in [-0.2, 0) is 6.42 Å². The molecule has 82 valence electrons. The predicted molar refractivity (Wildman–Crippen MR) is 65.1 cm³/mol. The van der Waals surface area contributed by atoms with Crippen LogP contribution in [0.4, 0.5) is 0 Å². The fourth-order valence-electron chi connectivity index (χ4n) is 1.45. The van der Waals surface area contributed by atoms with Crippen LogP contribution in [0, 0.1) is 0 Å². The van der Waals surface area contributed by atoms with Crippen molar-refractivity contribution in [2.24, 2.45) is 0 Å². The van der Waals surface area contributed by atoms with Gasteiger partial charge in [0.25, 0.3) is 0 Å². The van der Waals surface area contributed by atoms with E-state index in [1.807, 2.05) is 30.3 Å². The molecule has 0 radical (unpaired) electrons. The predicted octanol–water partition coefficient (Wildman–Crippen LogP) is 4.09. The Morgan fingerprint density at radius 3 is 2.69 bits per heavy atom. The van der Waals surface area contributed by atoms with Gasteiger partial charge in [0, 0.05) is 6.07 Å². The molecule has 0 unspecified atom stereocenters. The van der Waals surface area contributed by atoms with Gasteiger partial charge < -0.3 is 4.74 Å². The van der Waals surface area contributed by atoms with Crippen molar-refractivity contribution in [3.63, 3.8) is 0 Å². The maximum Gasteiger partial charge on any atom is 0.220 e. The molecule has 0 aliphatic rings. The highest BCUT2D eigenvalue weighted by atomic mass is 35.5. The van der Waals surface area contributed by atoms with E-state index in [9.17, 15) is 0 Å². The number of ether oxygens (including phenoxy) is 1. The summed E-state index contributed by atoms with van der Waals surface area (Å²) >= 11 is 5.79. The Kier molecular flexibility index (Phi) is 3.42. The molecule has 2 nitrogen and oxygen atoms in total. The molecule has 0 aliphatic heterocycles. The monoisotopic (exact) mass is 233 g/mol. The molecule has 0 saturated carbocycles. The van der Waals surface area contributed by atoms with Gasteiger partial charge in [-0.1, -0.05) is 42.8 Å². The Bertz CT molecular complexity index is 485. The summed E-state index contributed by atoms with van der Waals surface area (Å²) in [4.78, 5) is 4.09. The van der Waals surface area contributed by atoms with E-state index in [0.717, 1.165) is 17.7 Å². The molecular weight excluding hydrogens is 222 g/mol. The Hall–Kier alpha value is -1.54. The number of rotatable bonds is 3. The van der Waals surface area contributed by atoms with E-state index < -0.39 is 0 Å². The lowest BCUT2D eigenvalue weighted by atomic mass is 10.1. The summed E-state index contributed by atoms with van der Waals surface area (Å²) in [5.41, 5.74) is 1.16. The third-order valence-electron chi connectivity index (χ3n) is 2.26. The first-order valence-corrected chi connectivity index (χ1v) is 5.55. The topological polar surface area (TPSA) is 22.1 Å². The van der Waals surface area contributed by atoms with Crippen molar-refractivity contribution in [3.05, 3.63) is 53.2 Å². The van der Waals surface area contributed by atoms with Crippen molar-refractivity contribution < 1.29 is 4.74 Å². The molecule has 2 aromatic rings. The van der Waals surface area contributed by atoms with Crippen molar-refractivity contribution in [2.75, 3.05) is 0 Å². The number of hydrogen-bond acceptors (Lipinski definition) is 2. The number of halogens is 1. The quantitative estimate of drug-likeness (QED) is 0.745. The van der Waals surface area contributed by atoms with Gasteiger partial charge in [0.2, 0.25) is 5.88 Å². The molecule has 1 heterocycles. The average Bonchev–Trinajstić information content (AvgIpc) is 2.30. The van der Waals surface area contributed by atoms with Gasteiger partial charge in [0.15, 0.2) is 0 Å². The number of aryl methyl sites for hydroxylation is 1. The van der Waals surface area contributed by atoms with Crippen molar-refractivity contribution in [1.29, 1.82) is 0 Å². The van der Waals surface area contributed by atoms with Crippen LogP contribution in [0.5, 0.6) is 11.6 Å². The standard InChI is InChI=1S/C13H12ClNO/c1-2-10-6-3-4-7-11(10)16-13-9-5-8-12(14)15-13/h3-9H,2H2,1H3. The van der Waals surface area contributed by atoms with E-state index in [2.05, 4.69) is 11.9 Å². The van der Waals surface area contributed by atoms with E-state index in [1.54, 1.807) is 12.1 Å². The number of benzene rings is 1. The summed E-state index contributed by atoms with van der Waals surface area (Å²) in [5, 5.41) is 0.437. The second kappa shape index (κ2) is 4.99. The van der Waals surface area contributed by atoms with Crippen LogP contribution in [0.3, 0.4) is 0 Å². The van der Waals surface area contributed by atoms with Gasteiger partial charge in [-0.3, -0.25) is 0 Å². The number of aromatic nitrogens is 1. The first kappa shape index (κ1) is 11.0. The molecule has 0 bridgehead atoms. The van der Waals surface area contributed by atoms with Gasteiger partial charge in [-0.05, 0) is 24.1 Å². The zero-order valence-corrected chi connectivity index (χ0v) is 9.74. The number of hydrogen-bond donors (Lipinski definition) is 0. The lowest BCUT2D eigenvalue weighted by Gasteiger charge is -2.08. The van der Waals surface area contributed by atoms with Crippen molar-refractivity contribution in [2.45, 2.75) is 13.3 Å². The van der Waals surface area contributed by atoms with Gasteiger partial charge in [0.05, 0.1) is 0 Å². The minimum atomic E-state index is 0.437. The fourth-order valence-corrected chi connectivity index (χ4v) is 1.61. The third-order valence-corrected chi connectivity index (χ3v) is 2.47. The summed E-state index contributed by atoms with van der Waals surface area (Å²) in [5.74, 6) is 1.35. The number of para-hydroxylation sites is 1. The van der Waals surface area contributed by atoms with Crippen molar-refractivity contribution in [1.82, 2.24) is 4.98 Å². The summed E-state index contributed by atoms with van der Waals surface area (Å²) in [6, 6.07) is 13.2. The lowest BCUT2D eigenvalue weighted by molar-refractivity contribution is 0.458. The van der Waals surface area contributed by atoms with E-state index in [1.165, 1.54) is 0 Å². The van der Waals surface area contributed by atoms with Crippen LogP contribution in [0.15, 0.2) is 42.5 Å². The summed E-state index contributed by atoms with van der Waals surface area (Å²) < 4.78 is 5.69. The second-order valence-electron chi connectivity index (χ2n) is 3.36. The zero-order chi connectivity index (χ0) is 11.4. The van der Waals surface area contributed by atoms with E-state index in [0.29, 0.717) is 11.0 Å². The van der Waals surface area contributed by atoms with Crippen LogP contribution >= 0.6 is 11.6 Å². The molecule has 1 aromatic carbocycles. The molecule has 16 heavy (non-hydrogen) atoms. The minimum Gasteiger partial charge on any atom is -0.439 e. The Morgan fingerprint density at radius 1 is 1.12 bits per heavy atom. The van der Waals surface area contributed by atoms with Crippen LogP contribution in [0.1, 0.15) is 12.5 Å². The maximum absolute atomic E-state index is 5.79. The molecule has 1 aromatic heterocycles. The lowest BCUT2D eigenvalue weighted by Crippen LogP contribution is -1.91. The summed E-state index contributed by atoms with van der Waals surface area (Å²) in [7, 11) is 0. The molecule has 0 spiro atoms. The summed E-state index contributed by atoms with van der Waals surface area (Å²) in [6.45, 7) is 2.09. The molecule has 0 atom stereocenters. The molecule has 2 rings (SSSR count). The maximum atomic E-state index is 5.79. The number of pyridine rings is 1. The van der Waals surface area contributed by atoms with Crippen LogP contribution in [0.2, 0.25) is 5.15 Å². The SMILES string of the molecule is CCc1ccccc1Oc1cccc(Cl)n1. The van der Waals surface area contributed by atoms with Gasteiger partial charge >= 0.3 is 0 Å². The molecule has 3 heteroatoms. The van der Waals surface area contributed by atoms with E-state index >= 15 is 0 Å². The normalized spacial score (nSPS) is 10.1. The second-order valence-corrected chi connectivity index (χ2v) is 3.75. The highest BCUT2D eigenvalue weighted by molar-refractivity contribution is 6.29. The van der Waals surface area contributed by atoms with Gasteiger partial charge in [-0.2, -0.15) is 0 Å². The summed E-state index contributed by atoms with van der Waals surface area (Å²) in [6.07, 6.45) is 0.927. The number of nitrogens with zero attached hydrogens (tertiary/aromatic N) is 1. The average molecular weight is 234 g/mol. The smallest absolute Gasteiger partial charge is 0.220 e. The molecule has 0 amide bonds. The van der Waals surface area contributed by atoms with Gasteiger partial charge in [-0.15, -0.1) is 0 Å². The Morgan fingerprint density at radius 2 is 1.94 bits per heavy atom. The Labute approximate surface area is 99.9 Å². The van der Waals surface area contributed by atoms with Crippen LogP contribution in [-0.4, -0.2) is 4.98 Å². The van der Waals surface area contributed by atoms with Gasteiger partial charge in [-0.25, -0.2) is 4.98 Å². The first-order valence-electron chi connectivity index (χ1n) is 5.18. The van der Waals surface area contributed by atoms with E-state index in [-0.39, 0.29) is 0 Å². The fraction of sp³-hybridized carbons (Fsp3) is 0.154. The Balaban J connectivity index is 2.26. The van der Waals surface area contributed by atoms with Crippen LogP contribution < -0.4 is 4.74 Å². The molecular formula is C13H12ClNO. The zero-order valence-electron chi connectivity index (χ0n) is 8.98. The van der Waals surface area contributed by atoms with Crippen LogP contribution in [0.25, 0.3) is 0 Å². The highest BCUT2D eigenvalue weighted by Crippen LogP contribution is 2.24. The highest BCUT2D eigenvalue weighted by Gasteiger charge is 2.03. The van der Waals surface area contributed by atoms with E-state index in [4.69, 9.17) is 16.3 Å². The largest absolute Gasteiger partial charge is 0.439 e. The third kappa shape index (κ3) is 2.52.